The minimum atomic E-state index is -0.454. The van der Waals surface area contributed by atoms with E-state index in [1.54, 1.807) is 36.5 Å². The molecule has 1 amide bonds. The summed E-state index contributed by atoms with van der Waals surface area (Å²) in [4.78, 5) is 24.5. The summed E-state index contributed by atoms with van der Waals surface area (Å²) in [7, 11) is 1.50. The van der Waals surface area contributed by atoms with Gasteiger partial charge >= 0.3 is 5.97 Å². The molecule has 3 rings (SSSR count). The first kappa shape index (κ1) is 20.6. The number of hydrogen-bond acceptors (Lipinski definition) is 5. The molecule has 0 aromatic heterocycles. The third-order valence-corrected chi connectivity index (χ3v) is 5.04. The topological polar surface area (TPSA) is 77.0 Å². The summed E-state index contributed by atoms with van der Waals surface area (Å²) in [5, 5.41) is 4.05. The fourth-order valence-corrected chi connectivity index (χ4v) is 3.32. The van der Waals surface area contributed by atoms with Gasteiger partial charge in [-0.25, -0.2) is 10.2 Å². The Kier molecular flexibility index (Phi) is 7.00. The molecule has 6 nitrogen and oxygen atoms in total. The Morgan fingerprint density at radius 3 is 2.45 bits per heavy atom. The number of carbonyl (C=O) groups is 2. The number of ether oxygens (including phenoxy) is 2. The van der Waals surface area contributed by atoms with E-state index in [9.17, 15) is 9.59 Å². The summed E-state index contributed by atoms with van der Waals surface area (Å²) in [6, 6.07) is 12.3. The Balaban J connectivity index is 1.62. The van der Waals surface area contributed by atoms with Gasteiger partial charge in [-0.2, -0.15) is 5.10 Å². The van der Waals surface area contributed by atoms with Crippen molar-refractivity contribution in [3.05, 3.63) is 59.2 Å². The highest BCUT2D eigenvalue weighted by Crippen LogP contribution is 2.28. The zero-order valence-electron chi connectivity index (χ0n) is 16.8. The summed E-state index contributed by atoms with van der Waals surface area (Å²) in [6.45, 7) is 1.95. The lowest BCUT2D eigenvalue weighted by Crippen LogP contribution is -2.28. The fraction of sp³-hybridized carbons (Fsp3) is 0.348. The molecular weight excluding hydrogens is 368 g/mol. The lowest BCUT2D eigenvalue weighted by atomic mass is 9.89. The number of aryl methyl sites for hydroxylation is 1. The molecule has 1 aliphatic rings. The maximum absolute atomic E-state index is 12.3. The first-order valence-electron chi connectivity index (χ1n) is 9.86. The minimum absolute atomic E-state index is 0.0310. The van der Waals surface area contributed by atoms with Crippen molar-refractivity contribution in [3.63, 3.8) is 0 Å². The van der Waals surface area contributed by atoms with Gasteiger partial charge in [0.25, 0.3) is 0 Å². The highest BCUT2D eigenvalue weighted by Gasteiger charge is 2.20. The van der Waals surface area contributed by atoms with Gasteiger partial charge in [-0.1, -0.05) is 37.0 Å². The lowest BCUT2D eigenvalue weighted by molar-refractivity contribution is -0.125. The Morgan fingerprint density at radius 1 is 1.03 bits per heavy atom. The van der Waals surface area contributed by atoms with Crippen LogP contribution >= 0.6 is 0 Å². The molecule has 0 atom stereocenters. The molecule has 0 spiro atoms. The van der Waals surface area contributed by atoms with Gasteiger partial charge in [-0.05, 0) is 55.7 Å². The normalized spacial score (nSPS) is 14.6. The SMILES string of the molecule is COc1cc(/C=N\NC(=O)C2CCCCC2)ccc1OC(=O)c1ccc(C)cc1. The number of carbonyl (C=O) groups excluding carboxylic acids is 2. The van der Waals surface area contributed by atoms with E-state index in [1.165, 1.54) is 13.5 Å². The summed E-state index contributed by atoms with van der Waals surface area (Å²) in [6.07, 6.45) is 6.80. The number of hydrogen-bond donors (Lipinski definition) is 1. The van der Waals surface area contributed by atoms with Crippen LogP contribution in [0.2, 0.25) is 0 Å². The van der Waals surface area contributed by atoms with Crippen molar-refractivity contribution in [2.24, 2.45) is 11.0 Å². The van der Waals surface area contributed by atoms with Crippen LogP contribution in [0.5, 0.6) is 11.5 Å². The predicted molar refractivity (Wildman–Crippen MR) is 111 cm³/mol. The number of nitrogens with one attached hydrogen (secondary N) is 1. The first-order valence-corrected chi connectivity index (χ1v) is 9.86. The maximum atomic E-state index is 12.3. The average molecular weight is 394 g/mol. The standard InChI is InChI=1S/C23H26N2O4/c1-16-8-11-19(12-9-16)23(27)29-20-13-10-17(14-21(20)28-2)15-24-25-22(26)18-6-4-3-5-7-18/h8-15,18H,3-7H2,1-2H3,(H,25,26)/b24-15-. The molecule has 1 saturated carbocycles. The second-order valence-electron chi connectivity index (χ2n) is 7.24. The lowest BCUT2D eigenvalue weighted by Gasteiger charge is -2.19. The van der Waals surface area contributed by atoms with Crippen molar-refractivity contribution in [3.8, 4) is 11.5 Å². The van der Waals surface area contributed by atoms with E-state index in [0.29, 0.717) is 17.1 Å². The van der Waals surface area contributed by atoms with Crippen molar-refractivity contribution in [1.82, 2.24) is 5.43 Å². The van der Waals surface area contributed by atoms with Crippen LogP contribution in [0.4, 0.5) is 0 Å². The molecule has 6 heteroatoms. The number of methoxy groups -OCH3 is 1. The molecular formula is C23H26N2O4. The average Bonchev–Trinajstić information content (AvgIpc) is 2.75. The molecule has 0 saturated heterocycles. The quantitative estimate of drug-likeness (QED) is 0.344. The first-order chi connectivity index (χ1) is 14.1. The van der Waals surface area contributed by atoms with Gasteiger partial charge in [0.05, 0.1) is 18.9 Å². The van der Waals surface area contributed by atoms with E-state index in [-0.39, 0.29) is 11.8 Å². The number of rotatable bonds is 6. The summed E-state index contributed by atoms with van der Waals surface area (Å²) in [5.41, 5.74) is 4.87. The number of esters is 1. The smallest absolute Gasteiger partial charge is 0.343 e. The molecule has 1 fully saturated rings. The Hall–Kier alpha value is -3.15. The molecule has 0 heterocycles. The molecule has 0 bridgehead atoms. The van der Waals surface area contributed by atoms with Crippen molar-refractivity contribution < 1.29 is 19.1 Å². The maximum Gasteiger partial charge on any atom is 0.343 e. The van der Waals surface area contributed by atoms with Gasteiger partial charge < -0.3 is 9.47 Å². The van der Waals surface area contributed by atoms with Gasteiger partial charge in [-0.3, -0.25) is 4.79 Å². The van der Waals surface area contributed by atoms with Crippen molar-refractivity contribution in [2.45, 2.75) is 39.0 Å². The molecule has 2 aromatic carbocycles. The van der Waals surface area contributed by atoms with E-state index in [4.69, 9.17) is 9.47 Å². The Bertz CT molecular complexity index is 884. The highest BCUT2D eigenvalue weighted by atomic mass is 16.6. The van der Waals surface area contributed by atoms with Gasteiger partial charge in [-0.15, -0.1) is 0 Å². The van der Waals surface area contributed by atoms with E-state index < -0.39 is 5.97 Å². The largest absolute Gasteiger partial charge is 0.493 e. The second kappa shape index (κ2) is 9.87. The Labute approximate surface area is 170 Å². The van der Waals surface area contributed by atoms with Gasteiger partial charge in [0.2, 0.25) is 5.91 Å². The molecule has 0 radical (unpaired) electrons. The van der Waals surface area contributed by atoms with Crippen LogP contribution in [0.25, 0.3) is 0 Å². The molecule has 0 unspecified atom stereocenters. The van der Waals surface area contributed by atoms with Crippen molar-refractivity contribution in [2.75, 3.05) is 7.11 Å². The fourth-order valence-electron chi connectivity index (χ4n) is 3.32. The number of benzene rings is 2. The van der Waals surface area contributed by atoms with Crippen LogP contribution in [0.3, 0.4) is 0 Å². The van der Waals surface area contributed by atoms with Gasteiger partial charge in [0, 0.05) is 5.92 Å². The van der Waals surface area contributed by atoms with Crippen LogP contribution in [0.15, 0.2) is 47.6 Å². The summed E-state index contributed by atoms with van der Waals surface area (Å²) >= 11 is 0. The number of nitrogens with zero attached hydrogens (tertiary/aromatic N) is 1. The number of amides is 1. The Morgan fingerprint density at radius 2 is 1.76 bits per heavy atom. The summed E-state index contributed by atoms with van der Waals surface area (Å²) < 4.78 is 10.8. The van der Waals surface area contributed by atoms with E-state index in [0.717, 1.165) is 36.8 Å². The second-order valence-corrected chi connectivity index (χ2v) is 7.24. The molecule has 2 aromatic rings. The van der Waals surface area contributed by atoms with Crippen molar-refractivity contribution >= 4 is 18.1 Å². The van der Waals surface area contributed by atoms with E-state index >= 15 is 0 Å². The highest BCUT2D eigenvalue weighted by molar-refractivity contribution is 5.91. The van der Waals surface area contributed by atoms with Crippen LogP contribution in [-0.2, 0) is 4.79 Å². The van der Waals surface area contributed by atoms with Crippen LogP contribution in [-0.4, -0.2) is 25.2 Å². The minimum Gasteiger partial charge on any atom is -0.493 e. The van der Waals surface area contributed by atoms with E-state index in [1.807, 2.05) is 19.1 Å². The van der Waals surface area contributed by atoms with Gasteiger partial charge in [0.1, 0.15) is 0 Å². The van der Waals surface area contributed by atoms with Crippen LogP contribution in [0, 0.1) is 12.8 Å². The zero-order valence-corrected chi connectivity index (χ0v) is 16.8. The molecule has 1 N–H and O–H groups in total. The zero-order chi connectivity index (χ0) is 20.6. The third-order valence-electron chi connectivity index (χ3n) is 5.04. The van der Waals surface area contributed by atoms with Crippen LogP contribution < -0.4 is 14.9 Å². The number of hydrazone groups is 1. The van der Waals surface area contributed by atoms with Crippen LogP contribution in [0.1, 0.15) is 53.6 Å². The summed E-state index contributed by atoms with van der Waals surface area (Å²) in [5.74, 6) is 0.300. The molecule has 152 valence electrons. The predicted octanol–water partition coefficient (Wildman–Crippen LogP) is 4.25. The molecule has 1 aliphatic carbocycles. The third kappa shape index (κ3) is 5.67. The van der Waals surface area contributed by atoms with Crippen molar-refractivity contribution in [1.29, 1.82) is 0 Å². The van der Waals surface area contributed by atoms with E-state index in [2.05, 4.69) is 10.5 Å². The monoisotopic (exact) mass is 394 g/mol. The molecule has 0 aliphatic heterocycles. The van der Waals surface area contributed by atoms with Gasteiger partial charge in [0.15, 0.2) is 11.5 Å². The molecule has 29 heavy (non-hydrogen) atoms.